The van der Waals surface area contributed by atoms with E-state index >= 15 is 0 Å². The van der Waals surface area contributed by atoms with Crippen molar-refractivity contribution in [3.05, 3.63) is 0 Å². The van der Waals surface area contributed by atoms with Crippen molar-refractivity contribution in [1.29, 1.82) is 0 Å². The molecule has 0 saturated carbocycles. The monoisotopic (exact) mass is 114 g/mol. The summed E-state index contributed by atoms with van der Waals surface area (Å²) in [5.74, 6) is 4.38. The molecule has 0 saturated heterocycles. The molecule has 3 N–H and O–H groups in total. The van der Waals surface area contributed by atoms with Gasteiger partial charge in [-0.05, 0) is 6.61 Å². The molecular formula is C2H5NNaO3-. The fourth-order valence-electron chi connectivity index (χ4n) is 0.0340. The maximum Gasteiger partial charge on any atom is 1.00 e. The van der Waals surface area contributed by atoms with Gasteiger partial charge in [0.2, 0.25) is 0 Å². The predicted octanol–water partition coefficient (Wildman–Crippen LogP) is -4.19. The first-order chi connectivity index (χ1) is 2.41. The SMILES string of the molecule is NOC[C-]=O.[Na+].[OH-]. The van der Waals surface area contributed by atoms with Gasteiger partial charge in [-0.1, -0.05) is 0 Å². The average molecular weight is 114 g/mol. The van der Waals surface area contributed by atoms with Crippen molar-refractivity contribution in [2.75, 3.05) is 6.61 Å². The van der Waals surface area contributed by atoms with Crippen LogP contribution < -0.4 is 35.5 Å². The summed E-state index contributed by atoms with van der Waals surface area (Å²) < 4.78 is 0. The molecule has 38 valence electrons. The van der Waals surface area contributed by atoms with Crippen molar-refractivity contribution < 1.29 is 44.7 Å². The molecule has 0 aliphatic carbocycles. The molecule has 0 spiro atoms. The van der Waals surface area contributed by atoms with Gasteiger partial charge in [0.25, 0.3) is 0 Å². The van der Waals surface area contributed by atoms with Gasteiger partial charge >= 0.3 is 29.6 Å². The van der Waals surface area contributed by atoms with Crippen molar-refractivity contribution in [2.24, 2.45) is 5.90 Å². The minimum atomic E-state index is -0.139. The maximum atomic E-state index is 9.07. The van der Waals surface area contributed by atoms with E-state index in [-0.39, 0.29) is 41.6 Å². The second-order valence-electron chi connectivity index (χ2n) is 0.455. The van der Waals surface area contributed by atoms with Gasteiger partial charge in [-0.3, -0.25) is 0 Å². The van der Waals surface area contributed by atoms with E-state index < -0.39 is 0 Å². The molecule has 0 heterocycles. The van der Waals surface area contributed by atoms with Crippen LogP contribution in [0.5, 0.6) is 0 Å². The summed E-state index contributed by atoms with van der Waals surface area (Å²) in [6.45, 7) is -0.139. The normalized spacial score (nSPS) is 5.29. The molecule has 0 amide bonds. The van der Waals surface area contributed by atoms with Crippen LogP contribution in [-0.2, 0) is 9.63 Å². The quantitative estimate of drug-likeness (QED) is 0.224. The molecule has 0 radical (unpaired) electrons. The molecule has 0 aromatic rings. The number of hydrogen-bond donors (Lipinski definition) is 1. The van der Waals surface area contributed by atoms with Crippen LogP contribution in [0.25, 0.3) is 0 Å². The average Bonchev–Trinajstić information content (AvgIpc) is 1.41. The van der Waals surface area contributed by atoms with Crippen molar-refractivity contribution in [3.8, 4) is 0 Å². The van der Waals surface area contributed by atoms with Gasteiger partial charge in [0.1, 0.15) is 0 Å². The summed E-state index contributed by atoms with van der Waals surface area (Å²) in [5.41, 5.74) is 0. The van der Waals surface area contributed by atoms with Gasteiger partial charge in [-0.2, -0.15) is 0 Å². The maximum absolute atomic E-state index is 9.07. The van der Waals surface area contributed by atoms with Gasteiger partial charge in [0.15, 0.2) is 0 Å². The largest absolute Gasteiger partial charge is 1.00 e. The Labute approximate surface area is 63.6 Å². The fraction of sp³-hybridized carbons (Fsp3) is 0.500. The van der Waals surface area contributed by atoms with Crippen LogP contribution in [0, 0.1) is 0 Å². The molecule has 5 heteroatoms. The molecule has 0 unspecified atom stereocenters. The molecule has 0 aliphatic heterocycles. The summed E-state index contributed by atoms with van der Waals surface area (Å²) in [4.78, 5) is 12.8. The van der Waals surface area contributed by atoms with Crippen LogP contribution >= 0.6 is 0 Å². The van der Waals surface area contributed by atoms with Crippen molar-refractivity contribution in [1.82, 2.24) is 0 Å². The summed E-state index contributed by atoms with van der Waals surface area (Å²) in [6.07, 6.45) is 1.42. The third kappa shape index (κ3) is 20.9. The summed E-state index contributed by atoms with van der Waals surface area (Å²) in [5, 5.41) is 0. The first-order valence-corrected chi connectivity index (χ1v) is 1.08. The second kappa shape index (κ2) is 16.0. The molecule has 0 aromatic heterocycles. The fourth-order valence-corrected chi connectivity index (χ4v) is 0.0340. The zero-order chi connectivity index (χ0) is 4.12. The summed E-state index contributed by atoms with van der Waals surface area (Å²) in [6, 6.07) is 0. The Morgan fingerprint density at radius 3 is 2.14 bits per heavy atom. The molecule has 0 bridgehead atoms. The Bertz CT molecular complexity index is 34.1. The Kier molecular flexibility index (Phi) is 35.8. The van der Waals surface area contributed by atoms with E-state index in [2.05, 4.69) is 10.7 Å². The number of hydrogen-bond acceptors (Lipinski definition) is 4. The van der Waals surface area contributed by atoms with E-state index in [9.17, 15) is 0 Å². The van der Waals surface area contributed by atoms with Crippen molar-refractivity contribution in [3.63, 3.8) is 0 Å². The predicted molar refractivity (Wildman–Crippen MR) is 17.8 cm³/mol. The minimum absolute atomic E-state index is 0. The van der Waals surface area contributed by atoms with Gasteiger partial charge in [0.05, 0.1) is 0 Å². The smallest absolute Gasteiger partial charge is 0.870 e. The van der Waals surface area contributed by atoms with Crippen LogP contribution in [0.4, 0.5) is 0 Å². The molecule has 0 fully saturated rings. The molecule has 0 rings (SSSR count). The minimum Gasteiger partial charge on any atom is -0.870 e. The molecule has 7 heavy (non-hydrogen) atoms. The Morgan fingerprint density at radius 1 is 1.71 bits per heavy atom. The van der Waals surface area contributed by atoms with Gasteiger partial charge in [0, 0.05) is 0 Å². The van der Waals surface area contributed by atoms with E-state index in [0.29, 0.717) is 0 Å². The van der Waals surface area contributed by atoms with Crippen molar-refractivity contribution >= 4 is 6.29 Å². The first-order valence-electron chi connectivity index (χ1n) is 1.08. The molecule has 0 atom stereocenters. The summed E-state index contributed by atoms with van der Waals surface area (Å²) >= 11 is 0. The summed E-state index contributed by atoms with van der Waals surface area (Å²) in [7, 11) is 0. The number of carbonyl (C=O) groups excluding carboxylic acids is 1. The molecule has 0 aliphatic rings. The van der Waals surface area contributed by atoms with E-state index in [0.717, 1.165) is 0 Å². The van der Waals surface area contributed by atoms with E-state index in [1.54, 1.807) is 0 Å². The van der Waals surface area contributed by atoms with Crippen LogP contribution in [0.1, 0.15) is 0 Å². The topological polar surface area (TPSA) is 82.3 Å². The first kappa shape index (κ1) is 15.6. The zero-order valence-electron chi connectivity index (χ0n) is 4.05. The molecule has 0 aromatic carbocycles. The van der Waals surface area contributed by atoms with E-state index in [1.807, 2.05) is 0 Å². The van der Waals surface area contributed by atoms with Crippen LogP contribution in [0.15, 0.2) is 0 Å². The second-order valence-corrected chi connectivity index (χ2v) is 0.455. The Balaban J connectivity index is -0.0000000800. The number of rotatable bonds is 2. The van der Waals surface area contributed by atoms with Crippen LogP contribution in [0.2, 0.25) is 0 Å². The standard InChI is InChI=1S/C2H4NO2.Na.H2O/c3-5-2-1-4;;/h2-3H2;;1H2/q-1;+1;/p-1. The van der Waals surface area contributed by atoms with Gasteiger partial charge in [-0.15, -0.1) is 0 Å². The van der Waals surface area contributed by atoms with Gasteiger partial charge < -0.3 is 15.1 Å². The van der Waals surface area contributed by atoms with E-state index in [4.69, 9.17) is 4.79 Å². The Hall–Kier alpha value is 0.550. The number of nitrogens with two attached hydrogens (primary N) is 1. The van der Waals surface area contributed by atoms with E-state index in [1.165, 1.54) is 6.29 Å². The zero-order valence-corrected chi connectivity index (χ0v) is 6.05. The molecular weight excluding hydrogens is 109 g/mol. The molecule has 4 nitrogen and oxygen atoms in total. The Morgan fingerprint density at radius 2 is 2.14 bits per heavy atom. The third-order valence-corrected chi connectivity index (χ3v) is 0.142. The van der Waals surface area contributed by atoms with Crippen molar-refractivity contribution in [2.45, 2.75) is 0 Å². The van der Waals surface area contributed by atoms with Crippen LogP contribution in [-0.4, -0.2) is 18.4 Å². The van der Waals surface area contributed by atoms with Crippen LogP contribution in [0.3, 0.4) is 0 Å². The third-order valence-electron chi connectivity index (χ3n) is 0.142. The van der Waals surface area contributed by atoms with Gasteiger partial charge in [-0.25, -0.2) is 12.2 Å².